The van der Waals surface area contributed by atoms with E-state index in [2.05, 4.69) is 24.5 Å². The molecule has 0 aromatic carbocycles. The maximum atomic E-state index is 11.8. The molecule has 5 heteroatoms. The predicted molar refractivity (Wildman–Crippen MR) is 76.0 cm³/mol. The molecule has 0 saturated carbocycles. The molecule has 0 aliphatic rings. The van der Waals surface area contributed by atoms with Crippen LogP contribution in [0.5, 0.6) is 0 Å². The van der Waals surface area contributed by atoms with Crippen molar-refractivity contribution in [2.75, 3.05) is 6.54 Å². The average molecular weight is 272 g/mol. The number of carbonyl (C=O) groups excluding carboxylic acids is 1. The standard InChI is InChI=1S/C14H28N2O3/c1-10(2)15-9-7-8-11(17)16-14(5,6)13(3,4)12(18)19/h10,15H,7-9H2,1-6H3,(H,16,17)(H,18,19). The van der Waals surface area contributed by atoms with Crippen LogP contribution >= 0.6 is 0 Å². The Hall–Kier alpha value is -1.10. The lowest BCUT2D eigenvalue weighted by Crippen LogP contribution is -2.57. The number of carboxylic acids is 1. The lowest BCUT2D eigenvalue weighted by atomic mass is 9.74. The van der Waals surface area contributed by atoms with Gasteiger partial charge in [0.1, 0.15) is 0 Å². The summed E-state index contributed by atoms with van der Waals surface area (Å²) in [5.74, 6) is -1.02. The van der Waals surface area contributed by atoms with E-state index in [-0.39, 0.29) is 5.91 Å². The van der Waals surface area contributed by atoms with Crippen LogP contribution in [0.15, 0.2) is 0 Å². The fraction of sp³-hybridized carbons (Fsp3) is 0.857. The van der Waals surface area contributed by atoms with E-state index in [4.69, 9.17) is 0 Å². The number of amides is 1. The van der Waals surface area contributed by atoms with Crippen LogP contribution in [0.4, 0.5) is 0 Å². The SMILES string of the molecule is CC(C)NCCCC(=O)NC(C)(C)C(C)(C)C(=O)O. The van der Waals surface area contributed by atoms with Gasteiger partial charge in [-0.2, -0.15) is 0 Å². The Morgan fingerprint density at radius 2 is 1.68 bits per heavy atom. The molecular formula is C14H28N2O3. The van der Waals surface area contributed by atoms with Gasteiger partial charge in [0.15, 0.2) is 0 Å². The van der Waals surface area contributed by atoms with Gasteiger partial charge in [-0.25, -0.2) is 0 Å². The number of hydrogen-bond donors (Lipinski definition) is 3. The van der Waals surface area contributed by atoms with E-state index < -0.39 is 16.9 Å². The first-order valence-corrected chi connectivity index (χ1v) is 6.78. The number of rotatable bonds is 8. The van der Waals surface area contributed by atoms with Gasteiger partial charge in [-0.05, 0) is 40.7 Å². The van der Waals surface area contributed by atoms with Crippen LogP contribution < -0.4 is 10.6 Å². The highest BCUT2D eigenvalue weighted by atomic mass is 16.4. The Labute approximate surface area is 116 Å². The van der Waals surface area contributed by atoms with Crippen molar-refractivity contribution in [3.05, 3.63) is 0 Å². The lowest BCUT2D eigenvalue weighted by molar-refractivity contribution is -0.151. The van der Waals surface area contributed by atoms with E-state index in [0.717, 1.165) is 13.0 Å². The Morgan fingerprint density at radius 3 is 2.11 bits per heavy atom. The summed E-state index contributed by atoms with van der Waals surface area (Å²) in [6.07, 6.45) is 1.15. The molecule has 0 atom stereocenters. The molecule has 1 amide bonds. The minimum atomic E-state index is -1.02. The Kier molecular flexibility index (Phi) is 6.49. The molecule has 0 radical (unpaired) electrons. The van der Waals surface area contributed by atoms with Crippen LogP contribution in [0, 0.1) is 5.41 Å². The minimum absolute atomic E-state index is 0.107. The smallest absolute Gasteiger partial charge is 0.311 e. The van der Waals surface area contributed by atoms with Crippen molar-refractivity contribution in [2.24, 2.45) is 5.41 Å². The zero-order chi connectivity index (χ0) is 15.3. The van der Waals surface area contributed by atoms with E-state index >= 15 is 0 Å². The molecule has 0 bridgehead atoms. The molecule has 3 N–H and O–H groups in total. The van der Waals surface area contributed by atoms with Crippen molar-refractivity contribution in [3.8, 4) is 0 Å². The van der Waals surface area contributed by atoms with E-state index in [1.807, 2.05) is 0 Å². The van der Waals surface area contributed by atoms with Gasteiger partial charge in [-0.3, -0.25) is 9.59 Å². The molecule has 0 unspecified atom stereocenters. The fourth-order valence-corrected chi connectivity index (χ4v) is 1.47. The van der Waals surface area contributed by atoms with Gasteiger partial charge in [0.05, 0.1) is 5.41 Å². The number of carboxylic acid groups (broad SMARTS) is 1. The van der Waals surface area contributed by atoms with Crippen molar-refractivity contribution in [2.45, 2.75) is 66.0 Å². The third kappa shape index (κ3) is 5.59. The maximum Gasteiger partial charge on any atom is 0.311 e. The van der Waals surface area contributed by atoms with Crippen molar-refractivity contribution in [1.82, 2.24) is 10.6 Å². The number of aliphatic carboxylic acids is 1. The van der Waals surface area contributed by atoms with Crippen LogP contribution in [0.25, 0.3) is 0 Å². The minimum Gasteiger partial charge on any atom is -0.481 e. The highest BCUT2D eigenvalue weighted by Gasteiger charge is 2.44. The summed E-state index contributed by atoms with van der Waals surface area (Å²) >= 11 is 0. The first-order chi connectivity index (χ1) is 8.50. The summed E-state index contributed by atoms with van der Waals surface area (Å²) in [4.78, 5) is 23.1. The second kappa shape index (κ2) is 6.89. The van der Waals surface area contributed by atoms with Crippen molar-refractivity contribution >= 4 is 11.9 Å². The number of nitrogens with one attached hydrogen (secondary N) is 2. The molecule has 19 heavy (non-hydrogen) atoms. The molecule has 0 saturated heterocycles. The third-order valence-electron chi connectivity index (χ3n) is 3.68. The van der Waals surface area contributed by atoms with Gasteiger partial charge in [0.2, 0.25) is 5.91 Å². The summed E-state index contributed by atoms with van der Waals surface area (Å²) in [5, 5.41) is 15.3. The first kappa shape index (κ1) is 17.9. The van der Waals surface area contributed by atoms with Crippen LogP contribution in [-0.2, 0) is 9.59 Å². The van der Waals surface area contributed by atoms with Gasteiger partial charge in [-0.15, -0.1) is 0 Å². The molecule has 0 aliphatic carbocycles. The summed E-state index contributed by atoms with van der Waals surface area (Å²) in [6.45, 7) is 11.6. The topological polar surface area (TPSA) is 78.4 Å². The van der Waals surface area contributed by atoms with Gasteiger partial charge < -0.3 is 15.7 Å². The summed E-state index contributed by atoms with van der Waals surface area (Å²) < 4.78 is 0. The molecule has 5 nitrogen and oxygen atoms in total. The van der Waals surface area contributed by atoms with Crippen molar-refractivity contribution in [3.63, 3.8) is 0 Å². The summed E-state index contributed by atoms with van der Waals surface area (Å²) in [5.41, 5.74) is -1.81. The normalized spacial score (nSPS) is 12.6. The second-order valence-corrected chi connectivity index (χ2v) is 6.32. The molecule has 112 valence electrons. The van der Waals surface area contributed by atoms with E-state index in [0.29, 0.717) is 12.5 Å². The highest BCUT2D eigenvalue weighted by molar-refractivity contribution is 5.80. The van der Waals surface area contributed by atoms with Gasteiger partial charge in [0.25, 0.3) is 0 Å². The van der Waals surface area contributed by atoms with Crippen molar-refractivity contribution in [1.29, 1.82) is 0 Å². The van der Waals surface area contributed by atoms with Gasteiger partial charge in [0, 0.05) is 18.0 Å². The number of hydrogen-bond acceptors (Lipinski definition) is 3. The van der Waals surface area contributed by atoms with Gasteiger partial charge in [-0.1, -0.05) is 13.8 Å². The largest absolute Gasteiger partial charge is 0.481 e. The summed E-state index contributed by atoms with van der Waals surface area (Å²) in [7, 11) is 0. The molecular weight excluding hydrogens is 244 g/mol. The summed E-state index contributed by atoms with van der Waals surface area (Å²) in [6, 6.07) is 0.408. The first-order valence-electron chi connectivity index (χ1n) is 6.78. The molecule has 0 aromatic rings. The third-order valence-corrected chi connectivity index (χ3v) is 3.68. The van der Waals surface area contributed by atoms with E-state index in [9.17, 15) is 14.7 Å². The Balaban J connectivity index is 4.28. The van der Waals surface area contributed by atoms with E-state index in [1.165, 1.54) is 0 Å². The highest BCUT2D eigenvalue weighted by Crippen LogP contribution is 2.30. The monoisotopic (exact) mass is 272 g/mol. The molecule has 0 aromatic heterocycles. The molecule has 0 fully saturated rings. The average Bonchev–Trinajstić information content (AvgIpc) is 2.23. The molecule has 0 aliphatic heterocycles. The van der Waals surface area contributed by atoms with Crippen LogP contribution in [-0.4, -0.2) is 35.1 Å². The Morgan fingerprint density at radius 1 is 1.16 bits per heavy atom. The zero-order valence-electron chi connectivity index (χ0n) is 13.0. The van der Waals surface area contributed by atoms with Gasteiger partial charge >= 0.3 is 5.97 Å². The Bertz CT molecular complexity index is 323. The van der Waals surface area contributed by atoms with Crippen LogP contribution in [0.1, 0.15) is 54.4 Å². The molecule has 0 heterocycles. The lowest BCUT2D eigenvalue weighted by Gasteiger charge is -2.38. The molecule has 0 spiro atoms. The zero-order valence-corrected chi connectivity index (χ0v) is 13.0. The number of carbonyl (C=O) groups is 2. The predicted octanol–water partition coefficient (Wildman–Crippen LogP) is 1.77. The van der Waals surface area contributed by atoms with Crippen LogP contribution in [0.3, 0.4) is 0 Å². The van der Waals surface area contributed by atoms with Crippen molar-refractivity contribution < 1.29 is 14.7 Å². The van der Waals surface area contributed by atoms with E-state index in [1.54, 1.807) is 27.7 Å². The maximum absolute atomic E-state index is 11.8. The van der Waals surface area contributed by atoms with Crippen LogP contribution in [0.2, 0.25) is 0 Å². The fourth-order valence-electron chi connectivity index (χ4n) is 1.47. The quantitative estimate of drug-likeness (QED) is 0.588. The molecule has 0 rings (SSSR count). The second-order valence-electron chi connectivity index (χ2n) is 6.32.